The first-order chi connectivity index (χ1) is 9.74. The van der Waals surface area contributed by atoms with Gasteiger partial charge < -0.3 is 0 Å². The van der Waals surface area contributed by atoms with Gasteiger partial charge in [-0.05, 0) is 32.4 Å². The van der Waals surface area contributed by atoms with Crippen molar-refractivity contribution < 1.29 is 8.42 Å². The van der Waals surface area contributed by atoms with Crippen LogP contribution in [0.5, 0.6) is 0 Å². The van der Waals surface area contributed by atoms with E-state index >= 15 is 0 Å². The van der Waals surface area contributed by atoms with Crippen LogP contribution in [0.1, 0.15) is 29.3 Å². The quantitative estimate of drug-likeness (QED) is 0.877. The van der Waals surface area contributed by atoms with E-state index in [1.807, 2.05) is 6.07 Å². The number of anilines is 1. The number of aromatic nitrogens is 2. The number of benzene rings is 1. The molecule has 0 aliphatic heterocycles. The van der Waals surface area contributed by atoms with Gasteiger partial charge in [-0.15, -0.1) is 11.6 Å². The topological polar surface area (TPSA) is 64.0 Å². The number of sulfonamides is 1. The summed E-state index contributed by atoms with van der Waals surface area (Å²) in [6, 6.07) is 7.10. The van der Waals surface area contributed by atoms with E-state index in [4.69, 9.17) is 11.6 Å². The van der Waals surface area contributed by atoms with Crippen LogP contribution in [0.2, 0.25) is 0 Å². The summed E-state index contributed by atoms with van der Waals surface area (Å²) in [5, 5.41) is 3.86. The largest absolute Gasteiger partial charge is 0.279 e. The lowest BCUT2D eigenvalue weighted by Gasteiger charge is -2.14. The van der Waals surface area contributed by atoms with Gasteiger partial charge in [-0.3, -0.25) is 9.40 Å². The summed E-state index contributed by atoms with van der Waals surface area (Å²) in [4.78, 5) is 0.210. The molecule has 0 amide bonds. The molecule has 1 unspecified atom stereocenters. The molecule has 0 spiro atoms. The van der Waals surface area contributed by atoms with Gasteiger partial charge in [-0.25, -0.2) is 8.42 Å². The second kappa shape index (κ2) is 5.69. The zero-order chi connectivity index (χ0) is 15.8. The maximum Gasteiger partial charge on any atom is 0.265 e. The van der Waals surface area contributed by atoms with Crippen LogP contribution in [0, 0.1) is 13.8 Å². The Morgan fingerprint density at radius 1 is 1.29 bits per heavy atom. The number of hydrogen-bond donors (Lipinski definition) is 1. The molecule has 5 nitrogen and oxygen atoms in total. The van der Waals surface area contributed by atoms with Crippen LogP contribution in [0.15, 0.2) is 29.2 Å². The van der Waals surface area contributed by atoms with Gasteiger partial charge in [0.25, 0.3) is 10.0 Å². The third-order valence-electron chi connectivity index (χ3n) is 3.35. The molecule has 1 aromatic heterocycles. The van der Waals surface area contributed by atoms with Gasteiger partial charge in [0.15, 0.2) is 0 Å². The number of hydrogen-bond acceptors (Lipinski definition) is 3. The Hall–Kier alpha value is -1.53. The molecule has 0 radical (unpaired) electrons. The highest BCUT2D eigenvalue weighted by Crippen LogP contribution is 2.30. The number of alkyl halides is 1. The summed E-state index contributed by atoms with van der Waals surface area (Å²) in [6.45, 7) is 5.21. The van der Waals surface area contributed by atoms with Crippen LogP contribution in [0.4, 0.5) is 5.69 Å². The molecule has 2 rings (SSSR count). The molecular weight excluding hydrogens is 310 g/mol. The van der Waals surface area contributed by atoms with Crippen molar-refractivity contribution in [2.24, 2.45) is 7.05 Å². The number of nitrogens with one attached hydrogen (secondary N) is 1. The van der Waals surface area contributed by atoms with Crippen molar-refractivity contribution in [3.63, 3.8) is 0 Å². The monoisotopic (exact) mass is 327 g/mol. The summed E-state index contributed by atoms with van der Waals surface area (Å²) >= 11 is 6.10. The fourth-order valence-corrected chi connectivity index (χ4v) is 3.99. The third-order valence-corrected chi connectivity index (χ3v) is 5.20. The average molecular weight is 328 g/mol. The van der Waals surface area contributed by atoms with Crippen molar-refractivity contribution in [1.29, 1.82) is 0 Å². The van der Waals surface area contributed by atoms with E-state index in [-0.39, 0.29) is 10.3 Å². The lowest BCUT2D eigenvalue weighted by molar-refractivity contribution is 0.599. The van der Waals surface area contributed by atoms with Gasteiger partial charge in [0.05, 0.1) is 22.5 Å². The fourth-order valence-electron chi connectivity index (χ4n) is 2.28. The minimum Gasteiger partial charge on any atom is -0.279 e. The number of rotatable bonds is 4. The van der Waals surface area contributed by atoms with E-state index in [1.54, 1.807) is 50.7 Å². The highest BCUT2D eigenvalue weighted by molar-refractivity contribution is 7.92. The summed E-state index contributed by atoms with van der Waals surface area (Å²) in [5.41, 5.74) is 2.29. The first-order valence-electron chi connectivity index (χ1n) is 6.50. The van der Waals surface area contributed by atoms with Crippen molar-refractivity contribution in [2.75, 3.05) is 4.72 Å². The van der Waals surface area contributed by atoms with Crippen molar-refractivity contribution in [2.45, 2.75) is 31.0 Å². The Balaban J connectivity index is 2.48. The number of nitrogens with zero attached hydrogens (tertiary/aromatic N) is 2. The van der Waals surface area contributed by atoms with Gasteiger partial charge in [0, 0.05) is 7.05 Å². The van der Waals surface area contributed by atoms with Crippen molar-refractivity contribution in [3.05, 3.63) is 41.2 Å². The first kappa shape index (κ1) is 15.9. The molecule has 0 bridgehead atoms. The molecule has 1 N–H and O–H groups in total. The van der Waals surface area contributed by atoms with Crippen LogP contribution in [0.25, 0.3) is 0 Å². The van der Waals surface area contributed by atoms with E-state index < -0.39 is 10.0 Å². The van der Waals surface area contributed by atoms with Gasteiger partial charge >= 0.3 is 0 Å². The normalized spacial score (nSPS) is 13.2. The molecule has 0 aliphatic rings. The molecule has 1 atom stereocenters. The van der Waals surface area contributed by atoms with Crippen LogP contribution in [-0.4, -0.2) is 18.2 Å². The highest BCUT2D eigenvalue weighted by Gasteiger charge is 2.24. The Bertz CT molecular complexity index is 767. The van der Waals surface area contributed by atoms with Crippen LogP contribution < -0.4 is 4.72 Å². The molecule has 21 heavy (non-hydrogen) atoms. The minimum absolute atomic E-state index is 0.210. The SMILES string of the molecule is Cc1nn(C)c(C)c1S(=O)(=O)Nc1ccccc1C(C)Cl. The van der Waals surface area contributed by atoms with Crippen molar-refractivity contribution in [3.8, 4) is 0 Å². The summed E-state index contributed by atoms with van der Waals surface area (Å²) in [6.07, 6.45) is 0. The van der Waals surface area contributed by atoms with Gasteiger partial charge in [0.2, 0.25) is 0 Å². The molecular formula is C14H18ClN3O2S. The Morgan fingerprint density at radius 3 is 2.43 bits per heavy atom. The predicted octanol–water partition coefficient (Wildman–Crippen LogP) is 3.14. The van der Waals surface area contributed by atoms with Gasteiger partial charge in [-0.1, -0.05) is 18.2 Å². The molecule has 1 heterocycles. The zero-order valence-electron chi connectivity index (χ0n) is 12.4. The summed E-state index contributed by atoms with van der Waals surface area (Å²) < 4.78 is 29.4. The molecule has 0 saturated heterocycles. The van der Waals surface area contributed by atoms with Crippen LogP contribution in [0.3, 0.4) is 0 Å². The average Bonchev–Trinajstić information content (AvgIpc) is 2.63. The minimum atomic E-state index is -3.70. The third kappa shape index (κ3) is 3.06. The Morgan fingerprint density at radius 2 is 1.90 bits per heavy atom. The number of aryl methyl sites for hydroxylation is 2. The van der Waals surface area contributed by atoms with Crippen molar-refractivity contribution in [1.82, 2.24) is 9.78 Å². The predicted molar refractivity (Wildman–Crippen MR) is 84.2 cm³/mol. The molecule has 0 saturated carbocycles. The summed E-state index contributed by atoms with van der Waals surface area (Å²) in [5.74, 6) is 0. The first-order valence-corrected chi connectivity index (χ1v) is 8.42. The van der Waals surface area contributed by atoms with Gasteiger partial charge in [-0.2, -0.15) is 5.10 Å². The maximum atomic E-state index is 12.6. The van der Waals surface area contributed by atoms with E-state index in [0.717, 1.165) is 5.56 Å². The Labute approximate surface area is 130 Å². The highest BCUT2D eigenvalue weighted by atomic mass is 35.5. The fraction of sp³-hybridized carbons (Fsp3) is 0.357. The van der Waals surface area contributed by atoms with Crippen LogP contribution >= 0.6 is 11.6 Å². The second-order valence-corrected chi connectivity index (χ2v) is 7.21. The maximum absolute atomic E-state index is 12.6. The number of halogens is 1. The van der Waals surface area contributed by atoms with Crippen LogP contribution in [-0.2, 0) is 17.1 Å². The molecule has 2 aromatic rings. The molecule has 0 aliphatic carbocycles. The Kier molecular flexibility index (Phi) is 4.30. The lowest BCUT2D eigenvalue weighted by Crippen LogP contribution is -2.16. The molecule has 1 aromatic carbocycles. The van der Waals surface area contributed by atoms with E-state index in [2.05, 4.69) is 9.82 Å². The standard InChI is InChI=1S/C14H18ClN3O2S/c1-9(15)12-7-5-6-8-13(12)17-21(19,20)14-10(2)16-18(4)11(14)3/h5-9,17H,1-4H3. The lowest BCUT2D eigenvalue weighted by atomic mass is 10.1. The molecule has 7 heteroatoms. The van der Waals surface area contributed by atoms with E-state index in [0.29, 0.717) is 17.1 Å². The molecule has 114 valence electrons. The van der Waals surface area contributed by atoms with Gasteiger partial charge in [0.1, 0.15) is 4.90 Å². The van der Waals surface area contributed by atoms with E-state index in [1.165, 1.54) is 0 Å². The van der Waals surface area contributed by atoms with Crippen molar-refractivity contribution >= 4 is 27.3 Å². The number of para-hydroxylation sites is 1. The summed E-state index contributed by atoms with van der Waals surface area (Å²) in [7, 11) is -1.98. The zero-order valence-corrected chi connectivity index (χ0v) is 14.0. The smallest absolute Gasteiger partial charge is 0.265 e. The second-order valence-electron chi connectivity index (χ2n) is 4.93. The van der Waals surface area contributed by atoms with E-state index in [9.17, 15) is 8.42 Å². The molecule has 0 fully saturated rings.